The van der Waals surface area contributed by atoms with E-state index in [4.69, 9.17) is 4.74 Å². The van der Waals surface area contributed by atoms with Gasteiger partial charge in [0.1, 0.15) is 11.5 Å². The molecule has 0 fully saturated rings. The van der Waals surface area contributed by atoms with Gasteiger partial charge in [0.05, 0.1) is 19.5 Å². The summed E-state index contributed by atoms with van der Waals surface area (Å²) in [6.07, 6.45) is 1.99. The van der Waals surface area contributed by atoms with Gasteiger partial charge in [-0.2, -0.15) is 8.78 Å². The largest absolute Gasteiger partial charge is 0.497 e. The minimum atomic E-state index is -2.93. The summed E-state index contributed by atoms with van der Waals surface area (Å²) in [5.41, 5.74) is 0.433. The molecule has 0 saturated heterocycles. The molecule has 0 aliphatic carbocycles. The number of rotatable bonds is 6. The number of nitrogens with zero attached hydrogens (tertiary/aromatic N) is 2. The van der Waals surface area contributed by atoms with Crippen molar-refractivity contribution >= 4 is 5.95 Å². The van der Waals surface area contributed by atoms with E-state index >= 15 is 0 Å². The fourth-order valence-electron chi connectivity index (χ4n) is 1.61. The van der Waals surface area contributed by atoms with Crippen molar-refractivity contribution < 1.29 is 22.6 Å². The van der Waals surface area contributed by atoms with Gasteiger partial charge < -0.3 is 14.8 Å². The smallest absolute Gasteiger partial charge is 0.387 e. The Kier molecular flexibility index (Phi) is 4.81. The standard InChI is InChI=1S/C13H12F3N3O2/c1-20-10-2-3-11(21-12(15)16)8(4-10)5-17-13-18-6-9(14)7-19-13/h2-4,6-7,12H,5H2,1H3,(H,17,18,19). The SMILES string of the molecule is COc1ccc(OC(F)F)c(CNc2ncc(F)cn2)c1. The number of aromatic nitrogens is 2. The molecule has 0 unspecified atom stereocenters. The zero-order valence-corrected chi connectivity index (χ0v) is 11.0. The van der Waals surface area contributed by atoms with Gasteiger partial charge in [0.2, 0.25) is 5.95 Å². The molecular weight excluding hydrogens is 287 g/mol. The second-order valence-electron chi connectivity index (χ2n) is 3.93. The fraction of sp³-hybridized carbons (Fsp3) is 0.231. The molecule has 21 heavy (non-hydrogen) atoms. The van der Waals surface area contributed by atoms with Crippen LogP contribution in [0.2, 0.25) is 0 Å². The summed E-state index contributed by atoms with van der Waals surface area (Å²) in [4.78, 5) is 7.42. The Labute approximate surface area is 118 Å². The van der Waals surface area contributed by atoms with E-state index in [1.54, 1.807) is 6.07 Å². The van der Waals surface area contributed by atoms with E-state index in [-0.39, 0.29) is 18.2 Å². The molecule has 112 valence electrons. The third-order valence-corrected chi connectivity index (χ3v) is 2.54. The van der Waals surface area contributed by atoms with E-state index in [0.29, 0.717) is 11.3 Å². The lowest BCUT2D eigenvalue weighted by atomic mass is 10.2. The first kappa shape index (κ1) is 14.9. The monoisotopic (exact) mass is 299 g/mol. The second kappa shape index (κ2) is 6.78. The number of hydrogen-bond acceptors (Lipinski definition) is 5. The molecule has 1 N–H and O–H groups in total. The van der Waals surface area contributed by atoms with Crippen LogP contribution in [0.5, 0.6) is 11.5 Å². The Morgan fingerprint density at radius 1 is 1.24 bits per heavy atom. The van der Waals surface area contributed by atoms with Crippen LogP contribution in [0.25, 0.3) is 0 Å². The van der Waals surface area contributed by atoms with Crippen molar-refractivity contribution in [3.05, 3.63) is 42.0 Å². The molecule has 8 heteroatoms. The lowest BCUT2D eigenvalue weighted by Crippen LogP contribution is -2.08. The zero-order valence-electron chi connectivity index (χ0n) is 11.0. The van der Waals surface area contributed by atoms with E-state index in [2.05, 4.69) is 20.0 Å². The summed E-state index contributed by atoms with van der Waals surface area (Å²) >= 11 is 0. The number of anilines is 1. The van der Waals surface area contributed by atoms with Crippen LogP contribution in [0, 0.1) is 5.82 Å². The van der Waals surface area contributed by atoms with E-state index < -0.39 is 12.4 Å². The molecular formula is C13H12F3N3O2. The van der Waals surface area contributed by atoms with Crippen LogP contribution >= 0.6 is 0 Å². The summed E-state index contributed by atoms with van der Waals surface area (Å²) in [7, 11) is 1.46. The van der Waals surface area contributed by atoms with Crippen molar-refractivity contribution in [2.24, 2.45) is 0 Å². The predicted octanol–water partition coefficient (Wildman–Crippen LogP) is 2.84. The molecule has 0 aliphatic heterocycles. The summed E-state index contributed by atoms with van der Waals surface area (Å²) in [6, 6.07) is 4.44. The highest BCUT2D eigenvalue weighted by Gasteiger charge is 2.11. The Morgan fingerprint density at radius 2 is 1.95 bits per heavy atom. The van der Waals surface area contributed by atoms with Gasteiger partial charge in [-0.3, -0.25) is 0 Å². The molecule has 0 atom stereocenters. The number of nitrogens with one attached hydrogen (secondary N) is 1. The van der Waals surface area contributed by atoms with Gasteiger partial charge in [-0.15, -0.1) is 0 Å². The lowest BCUT2D eigenvalue weighted by molar-refractivity contribution is -0.0504. The third-order valence-electron chi connectivity index (χ3n) is 2.54. The predicted molar refractivity (Wildman–Crippen MR) is 68.9 cm³/mol. The molecule has 1 aromatic heterocycles. The van der Waals surface area contributed by atoms with Crippen molar-refractivity contribution in [2.75, 3.05) is 12.4 Å². The summed E-state index contributed by atoms with van der Waals surface area (Å²) in [6.45, 7) is -2.82. The molecule has 2 aromatic rings. The molecule has 5 nitrogen and oxygen atoms in total. The minimum Gasteiger partial charge on any atom is -0.497 e. The van der Waals surface area contributed by atoms with Crippen molar-refractivity contribution in [2.45, 2.75) is 13.2 Å². The Morgan fingerprint density at radius 3 is 2.57 bits per heavy atom. The summed E-state index contributed by atoms with van der Waals surface area (Å²) < 4.78 is 46.8. The number of alkyl halides is 2. The topological polar surface area (TPSA) is 56.3 Å². The first-order valence-corrected chi connectivity index (χ1v) is 5.91. The summed E-state index contributed by atoms with van der Waals surface area (Å²) in [5, 5.41) is 2.78. The van der Waals surface area contributed by atoms with E-state index in [9.17, 15) is 13.2 Å². The molecule has 2 rings (SSSR count). The van der Waals surface area contributed by atoms with E-state index in [1.807, 2.05) is 0 Å². The Hall–Kier alpha value is -2.51. The van der Waals surface area contributed by atoms with E-state index in [0.717, 1.165) is 12.4 Å². The van der Waals surface area contributed by atoms with Gasteiger partial charge in [0.15, 0.2) is 5.82 Å². The van der Waals surface area contributed by atoms with Crippen LogP contribution in [-0.2, 0) is 6.54 Å². The number of benzene rings is 1. The number of methoxy groups -OCH3 is 1. The maximum absolute atomic E-state index is 12.7. The number of halogens is 3. The van der Waals surface area contributed by atoms with Crippen molar-refractivity contribution in [3.63, 3.8) is 0 Å². The van der Waals surface area contributed by atoms with Gasteiger partial charge in [-0.25, -0.2) is 14.4 Å². The average Bonchev–Trinajstić information content (AvgIpc) is 2.47. The van der Waals surface area contributed by atoms with E-state index in [1.165, 1.54) is 19.2 Å². The molecule has 0 saturated carbocycles. The summed E-state index contributed by atoms with van der Waals surface area (Å²) in [5.74, 6) is 0.111. The zero-order chi connectivity index (χ0) is 15.2. The molecule has 1 aromatic carbocycles. The van der Waals surface area contributed by atoms with Crippen LogP contribution in [0.3, 0.4) is 0 Å². The van der Waals surface area contributed by atoms with Crippen molar-refractivity contribution in [3.8, 4) is 11.5 Å². The number of ether oxygens (including phenoxy) is 2. The Balaban J connectivity index is 2.14. The Bertz CT molecular complexity index is 594. The van der Waals surface area contributed by atoms with Gasteiger partial charge in [-0.1, -0.05) is 0 Å². The molecule has 0 aliphatic rings. The maximum atomic E-state index is 12.7. The van der Waals surface area contributed by atoms with Crippen LogP contribution < -0.4 is 14.8 Å². The first-order valence-electron chi connectivity index (χ1n) is 5.91. The highest BCUT2D eigenvalue weighted by molar-refractivity contribution is 5.42. The quantitative estimate of drug-likeness (QED) is 0.889. The minimum absolute atomic E-state index is 0.0143. The van der Waals surface area contributed by atoms with Gasteiger partial charge >= 0.3 is 6.61 Å². The van der Waals surface area contributed by atoms with Gasteiger partial charge in [-0.05, 0) is 18.2 Å². The van der Waals surface area contributed by atoms with Crippen LogP contribution in [-0.4, -0.2) is 23.7 Å². The highest BCUT2D eigenvalue weighted by atomic mass is 19.3. The molecule has 0 amide bonds. The molecule has 0 spiro atoms. The van der Waals surface area contributed by atoms with Crippen LogP contribution in [0.15, 0.2) is 30.6 Å². The second-order valence-corrected chi connectivity index (χ2v) is 3.93. The highest BCUT2D eigenvalue weighted by Crippen LogP contribution is 2.26. The van der Waals surface area contributed by atoms with Crippen LogP contribution in [0.4, 0.5) is 19.1 Å². The molecule has 0 bridgehead atoms. The van der Waals surface area contributed by atoms with Crippen molar-refractivity contribution in [1.82, 2.24) is 9.97 Å². The molecule has 1 heterocycles. The van der Waals surface area contributed by atoms with Crippen LogP contribution in [0.1, 0.15) is 5.56 Å². The van der Waals surface area contributed by atoms with Gasteiger partial charge in [0, 0.05) is 12.1 Å². The normalized spacial score (nSPS) is 10.5. The van der Waals surface area contributed by atoms with Gasteiger partial charge in [0.25, 0.3) is 0 Å². The lowest BCUT2D eigenvalue weighted by Gasteiger charge is -2.12. The fourth-order valence-corrected chi connectivity index (χ4v) is 1.61. The average molecular weight is 299 g/mol. The first-order chi connectivity index (χ1) is 10.1. The molecule has 0 radical (unpaired) electrons. The third kappa shape index (κ3) is 4.23. The van der Waals surface area contributed by atoms with Crippen molar-refractivity contribution in [1.29, 1.82) is 0 Å². The maximum Gasteiger partial charge on any atom is 0.387 e. The number of hydrogen-bond donors (Lipinski definition) is 1.